The van der Waals surface area contributed by atoms with Crippen LogP contribution in [0, 0.1) is 29.6 Å². The van der Waals surface area contributed by atoms with Crippen molar-refractivity contribution in [2.24, 2.45) is 29.6 Å². The minimum atomic E-state index is 0.672. The van der Waals surface area contributed by atoms with Gasteiger partial charge in [0.05, 0.1) is 0 Å². The Morgan fingerprint density at radius 2 is 1.95 bits per heavy atom. The Kier molecular flexibility index (Phi) is 4.92. The first-order valence-electron chi connectivity index (χ1n) is 8.30. The quantitative estimate of drug-likeness (QED) is 0.514. The van der Waals surface area contributed by atoms with Gasteiger partial charge in [-0.1, -0.05) is 37.6 Å². The van der Waals surface area contributed by atoms with Crippen LogP contribution < -0.4 is 0 Å². The van der Waals surface area contributed by atoms with Crippen molar-refractivity contribution in [1.29, 1.82) is 0 Å². The Bertz CT molecular complexity index is 347. The molecule has 0 nitrogen and oxygen atoms in total. The standard InChI is InChI=1S/C19H32/c1-13(2)15(4)8-6-7-14(3)11-19-16(5)17-9-10-18(19)12-17/h7,15-19H,1,6,8-12H2,2-5H3/b14-7-. The van der Waals surface area contributed by atoms with E-state index in [0.29, 0.717) is 5.92 Å². The lowest BCUT2D eigenvalue weighted by Gasteiger charge is -2.28. The smallest absolute Gasteiger partial charge is 0.0234 e. The minimum absolute atomic E-state index is 0.672. The molecule has 0 heterocycles. The van der Waals surface area contributed by atoms with E-state index in [9.17, 15) is 0 Å². The van der Waals surface area contributed by atoms with Crippen LogP contribution in [0.4, 0.5) is 0 Å². The zero-order valence-electron chi connectivity index (χ0n) is 13.4. The van der Waals surface area contributed by atoms with Gasteiger partial charge in [-0.2, -0.15) is 0 Å². The van der Waals surface area contributed by atoms with Crippen molar-refractivity contribution in [3.63, 3.8) is 0 Å². The maximum Gasteiger partial charge on any atom is -0.0234 e. The SMILES string of the molecule is C=C(C)C(C)CC/C=C(/C)CC1C2CCC(C2)C1C. The number of allylic oxidation sites excluding steroid dienone is 3. The van der Waals surface area contributed by atoms with E-state index in [0.717, 1.165) is 23.7 Å². The molecule has 5 unspecified atom stereocenters. The maximum absolute atomic E-state index is 4.05. The molecule has 0 spiro atoms. The topological polar surface area (TPSA) is 0 Å². The summed E-state index contributed by atoms with van der Waals surface area (Å²) in [4.78, 5) is 0. The molecule has 0 aromatic carbocycles. The highest BCUT2D eigenvalue weighted by Crippen LogP contribution is 2.53. The molecule has 2 fully saturated rings. The molecule has 0 aliphatic heterocycles. The van der Waals surface area contributed by atoms with Gasteiger partial charge in [-0.25, -0.2) is 0 Å². The zero-order valence-corrected chi connectivity index (χ0v) is 13.4. The molecular weight excluding hydrogens is 228 g/mol. The Morgan fingerprint density at radius 3 is 2.53 bits per heavy atom. The first-order chi connectivity index (χ1) is 8.99. The lowest BCUT2D eigenvalue weighted by Crippen LogP contribution is -2.19. The van der Waals surface area contributed by atoms with Crippen LogP contribution in [0.5, 0.6) is 0 Å². The molecule has 0 aromatic heterocycles. The summed E-state index contributed by atoms with van der Waals surface area (Å²) in [6, 6.07) is 0. The second-order valence-electron chi connectivity index (χ2n) is 7.44. The van der Waals surface area contributed by atoms with E-state index in [1.807, 2.05) is 0 Å². The summed E-state index contributed by atoms with van der Waals surface area (Å²) in [6.45, 7) is 13.4. The Balaban J connectivity index is 1.78. The molecule has 0 aromatic rings. The van der Waals surface area contributed by atoms with E-state index in [2.05, 4.69) is 40.3 Å². The number of hydrogen-bond donors (Lipinski definition) is 0. The minimum Gasteiger partial charge on any atom is -0.0999 e. The lowest BCUT2D eigenvalue weighted by atomic mass is 9.77. The molecule has 2 saturated carbocycles. The van der Waals surface area contributed by atoms with Crippen molar-refractivity contribution in [1.82, 2.24) is 0 Å². The van der Waals surface area contributed by atoms with Gasteiger partial charge < -0.3 is 0 Å². The lowest BCUT2D eigenvalue weighted by molar-refractivity contribution is 0.237. The first-order valence-corrected chi connectivity index (χ1v) is 8.30. The summed E-state index contributed by atoms with van der Waals surface area (Å²) in [6.07, 6.45) is 10.9. The van der Waals surface area contributed by atoms with Crippen LogP contribution in [0.25, 0.3) is 0 Å². The van der Waals surface area contributed by atoms with Gasteiger partial charge in [-0.3, -0.25) is 0 Å². The predicted molar refractivity (Wildman–Crippen MR) is 85.1 cm³/mol. The van der Waals surface area contributed by atoms with Gasteiger partial charge in [0.25, 0.3) is 0 Å². The summed E-state index contributed by atoms with van der Waals surface area (Å²) >= 11 is 0. The van der Waals surface area contributed by atoms with Crippen LogP contribution in [-0.4, -0.2) is 0 Å². The molecule has 0 amide bonds. The van der Waals surface area contributed by atoms with Gasteiger partial charge in [0.2, 0.25) is 0 Å². The molecule has 19 heavy (non-hydrogen) atoms. The number of fused-ring (bicyclic) bond motifs is 2. The third kappa shape index (κ3) is 3.52. The van der Waals surface area contributed by atoms with Crippen molar-refractivity contribution in [3.05, 3.63) is 23.8 Å². The molecule has 0 N–H and O–H groups in total. The monoisotopic (exact) mass is 260 g/mol. The average Bonchev–Trinajstić information content (AvgIpc) is 2.92. The molecule has 2 aliphatic carbocycles. The summed E-state index contributed by atoms with van der Waals surface area (Å²) in [5, 5.41) is 0. The molecule has 108 valence electrons. The summed E-state index contributed by atoms with van der Waals surface area (Å²) in [5.74, 6) is 4.76. The highest BCUT2D eigenvalue weighted by Gasteiger charge is 2.44. The second-order valence-corrected chi connectivity index (χ2v) is 7.44. The van der Waals surface area contributed by atoms with Gasteiger partial charge >= 0.3 is 0 Å². The van der Waals surface area contributed by atoms with Crippen molar-refractivity contribution in [3.8, 4) is 0 Å². The highest BCUT2D eigenvalue weighted by atomic mass is 14.5. The van der Waals surface area contributed by atoms with E-state index in [-0.39, 0.29) is 0 Å². The molecule has 5 atom stereocenters. The first kappa shape index (κ1) is 14.9. The summed E-state index contributed by atoms with van der Waals surface area (Å²) in [7, 11) is 0. The third-order valence-electron chi connectivity index (χ3n) is 6.03. The van der Waals surface area contributed by atoms with E-state index in [1.165, 1.54) is 44.1 Å². The molecule has 2 bridgehead atoms. The summed E-state index contributed by atoms with van der Waals surface area (Å²) in [5.41, 5.74) is 2.96. The third-order valence-corrected chi connectivity index (χ3v) is 6.03. The largest absolute Gasteiger partial charge is 0.0999 e. The molecular formula is C19H32. The zero-order chi connectivity index (χ0) is 14.0. The van der Waals surface area contributed by atoms with Gasteiger partial charge in [-0.05, 0) is 82.0 Å². The molecule has 0 radical (unpaired) electrons. The second kappa shape index (κ2) is 6.29. The van der Waals surface area contributed by atoms with E-state index >= 15 is 0 Å². The van der Waals surface area contributed by atoms with Crippen molar-refractivity contribution in [2.75, 3.05) is 0 Å². The normalized spacial score (nSPS) is 35.7. The fraction of sp³-hybridized carbons (Fsp3) is 0.789. The molecule has 0 heteroatoms. The van der Waals surface area contributed by atoms with E-state index < -0.39 is 0 Å². The molecule has 0 saturated heterocycles. The van der Waals surface area contributed by atoms with E-state index in [4.69, 9.17) is 0 Å². The van der Waals surface area contributed by atoms with Crippen LogP contribution in [0.1, 0.15) is 66.2 Å². The van der Waals surface area contributed by atoms with Gasteiger partial charge in [0.1, 0.15) is 0 Å². The van der Waals surface area contributed by atoms with Crippen LogP contribution in [0.2, 0.25) is 0 Å². The highest BCUT2D eigenvalue weighted by molar-refractivity contribution is 5.05. The van der Waals surface area contributed by atoms with Crippen molar-refractivity contribution in [2.45, 2.75) is 66.2 Å². The Hall–Kier alpha value is -0.520. The van der Waals surface area contributed by atoms with Crippen LogP contribution in [0.3, 0.4) is 0 Å². The predicted octanol–water partition coefficient (Wildman–Crippen LogP) is 6.00. The van der Waals surface area contributed by atoms with Crippen molar-refractivity contribution < 1.29 is 0 Å². The van der Waals surface area contributed by atoms with Gasteiger partial charge in [0, 0.05) is 0 Å². The summed E-state index contributed by atoms with van der Waals surface area (Å²) < 4.78 is 0. The number of rotatable bonds is 6. The number of hydrogen-bond acceptors (Lipinski definition) is 0. The molecule has 2 rings (SSSR count). The average molecular weight is 260 g/mol. The Morgan fingerprint density at radius 1 is 1.26 bits per heavy atom. The van der Waals surface area contributed by atoms with Crippen LogP contribution in [0.15, 0.2) is 23.8 Å². The van der Waals surface area contributed by atoms with Crippen LogP contribution >= 0.6 is 0 Å². The van der Waals surface area contributed by atoms with Crippen LogP contribution in [-0.2, 0) is 0 Å². The van der Waals surface area contributed by atoms with Gasteiger partial charge in [-0.15, -0.1) is 0 Å². The van der Waals surface area contributed by atoms with E-state index in [1.54, 1.807) is 5.57 Å². The Labute approximate surface area is 120 Å². The fourth-order valence-electron chi connectivity index (χ4n) is 4.33. The molecule has 2 aliphatic rings. The van der Waals surface area contributed by atoms with Crippen molar-refractivity contribution >= 4 is 0 Å². The van der Waals surface area contributed by atoms with Gasteiger partial charge in [0.15, 0.2) is 0 Å². The fourth-order valence-corrected chi connectivity index (χ4v) is 4.33. The maximum atomic E-state index is 4.05.